The zero-order valence-electron chi connectivity index (χ0n) is 13.7. The number of hydroxylamine groups is 1. The van der Waals surface area contributed by atoms with Gasteiger partial charge in [-0.15, -0.1) is 0 Å². The second-order valence-corrected chi connectivity index (χ2v) is 6.32. The average molecular weight is 325 g/mol. The molecule has 1 fully saturated rings. The van der Waals surface area contributed by atoms with Crippen LogP contribution in [0, 0.1) is 0 Å². The Morgan fingerprint density at radius 3 is 1.96 bits per heavy atom. The number of carbonyl (C=O) groups is 1. The maximum absolute atomic E-state index is 11.3. The van der Waals surface area contributed by atoms with Crippen molar-refractivity contribution in [3.63, 3.8) is 0 Å². The minimum atomic E-state index is -0.533. The Morgan fingerprint density at radius 2 is 1.42 bits per heavy atom. The summed E-state index contributed by atoms with van der Waals surface area (Å²) in [7, 11) is 0. The molecule has 4 heteroatoms. The summed E-state index contributed by atoms with van der Waals surface area (Å²) in [4.78, 5) is 11.3. The van der Waals surface area contributed by atoms with Crippen LogP contribution in [0.4, 0.5) is 0 Å². The fourth-order valence-electron chi connectivity index (χ4n) is 3.30. The van der Waals surface area contributed by atoms with Gasteiger partial charge in [0.1, 0.15) is 11.5 Å². The molecule has 1 amide bonds. The van der Waals surface area contributed by atoms with Crippen LogP contribution >= 0.6 is 0 Å². The monoisotopic (exact) mass is 325 g/mol. The summed E-state index contributed by atoms with van der Waals surface area (Å²) in [5, 5.41) is 8.61. The minimum absolute atomic E-state index is 0.383. The van der Waals surface area contributed by atoms with Crippen LogP contribution in [-0.4, -0.2) is 11.1 Å². The number of nitrogens with one attached hydrogen (secondary N) is 1. The number of rotatable bonds is 4. The Balaban J connectivity index is 1.64. The molecule has 24 heavy (non-hydrogen) atoms. The van der Waals surface area contributed by atoms with E-state index in [0.717, 1.165) is 5.75 Å². The van der Waals surface area contributed by atoms with Crippen LogP contribution in [0.1, 0.15) is 60.4 Å². The summed E-state index contributed by atoms with van der Waals surface area (Å²) < 4.78 is 5.82. The van der Waals surface area contributed by atoms with Gasteiger partial charge in [0.2, 0.25) is 0 Å². The first-order valence-electron chi connectivity index (χ1n) is 8.58. The molecule has 2 aromatic carbocycles. The van der Waals surface area contributed by atoms with Gasteiger partial charge in [-0.25, -0.2) is 5.48 Å². The summed E-state index contributed by atoms with van der Waals surface area (Å²) >= 11 is 0. The molecule has 0 bridgehead atoms. The molecule has 0 unspecified atom stereocenters. The fraction of sp³-hybridized carbons (Fsp3) is 0.350. The van der Waals surface area contributed by atoms with Crippen molar-refractivity contribution in [1.82, 2.24) is 5.48 Å². The molecule has 1 aliphatic carbocycles. The molecule has 0 aliphatic heterocycles. The summed E-state index contributed by atoms with van der Waals surface area (Å²) in [6.45, 7) is 0. The first-order valence-corrected chi connectivity index (χ1v) is 8.58. The summed E-state index contributed by atoms with van der Waals surface area (Å²) in [5.74, 6) is 1.59. The van der Waals surface area contributed by atoms with Gasteiger partial charge in [-0.05, 0) is 60.7 Å². The van der Waals surface area contributed by atoms with Crippen molar-refractivity contribution in [2.45, 2.75) is 44.4 Å². The molecule has 2 aromatic rings. The van der Waals surface area contributed by atoms with Gasteiger partial charge in [-0.2, -0.15) is 0 Å². The second kappa shape index (κ2) is 7.97. The smallest absolute Gasteiger partial charge is 0.274 e. The Hall–Kier alpha value is -2.33. The van der Waals surface area contributed by atoms with Gasteiger partial charge in [0.05, 0.1) is 0 Å². The Labute approximate surface area is 142 Å². The molecule has 4 nitrogen and oxygen atoms in total. The Bertz CT molecular complexity index is 656. The lowest BCUT2D eigenvalue weighted by Crippen LogP contribution is -2.18. The molecule has 0 spiro atoms. The van der Waals surface area contributed by atoms with Crippen molar-refractivity contribution in [2.24, 2.45) is 0 Å². The number of hydrogen-bond acceptors (Lipinski definition) is 3. The molecule has 126 valence electrons. The van der Waals surface area contributed by atoms with Crippen molar-refractivity contribution in [3.05, 3.63) is 59.7 Å². The number of carbonyl (C=O) groups excluding carboxylic acids is 1. The van der Waals surface area contributed by atoms with Gasteiger partial charge in [-0.3, -0.25) is 10.0 Å². The molecule has 0 saturated heterocycles. The molecule has 0 atom stereocenters. The van der Waals surface area contributed by atoms with Gasteiger partial charge in [0.15, 0.2) is 0 Å². The Kier molecular flexibility index (Phi) is 5.49. The average Bonchev–Trinajstić information content (AvgIpc) is 2.92. The van der Waals surface area contributed by atoms with E-state index in [9.17, 15) is 4.79 Å². The van der Waals surface area contributed by atoms with Crippen LogP contribution in [0.5, 0.6) is 11.5 Å². The van der Waals surface area contributed by atoms with E-state index in [2.05, 4.69) is 12.1 Å². The molecule has 3 rings (SSSR count). The first kappa shape index (κ1) is 16.5. The first-order chi connectivity index (χ1) is 11.8. The van der Waals surface area contributed by atoms with Crippen LogP contribution < -0.4 is 10.2 Å². The van der Waals surface area contributed by atoms with Gasteiger partial charge >= 0.3 is 0 Å². The zero-order valence-corrected chi connectivity index (χ0v) is 13.7. The van der Waals surface area contributed by atoms with Crippen molar-refractivity contribution in [3.8, 4) is 11.5 Å². The lowest BCUT2D eigenvalue weighted by Gasteiger charge is -2.15. The van der Waals surface area contributed by atoms with E-state index in [-0.39, 0.29) is 0 Å². The topological polar surface area (TPSA) is 58.6 Å². The lowest BCUT2D eigenvalue weighted by atomic mass is 9.92. The molecule has 0 heterocycles. The molecule has 0 radical (unpaired) electrons. The van der Waals surface area contributed by atoms with Gasteiger partial charge in [0, 0.05) is 5.56 Å². The van der Waals surface area contributed by atoms with E-state index in [1.54, 1.807) is 29.7 Å². The number of hydrogen-bond donors (Lipinski definition) is 2. The van der Waals surface area contributed by atoms with Crippen molar-refractivity contribution < 1.29 is 14.7 Å². The van der Waals surface area contributed by atoms with Crippen LogP contribution in [0.2, 0.25) is 0 Å². The third-order valence-electron chi connectivity index (χ3n) is 4.66. The zero-order chi connectivity index (χ0) is 16.8. The van der Waals surface area contributed by atoms with Crippen molar-refractivity contribution >= 4 is 5.91 Å². The largest absolute Gasteiger partial charge is 0.457 e. The third-order valence-corrected chi connectivity index (χ3v) is 4.66. The fourth-order valence-corrected chi connectivity index (χ4v) is 3.30. The number of benzene rings is 2. The predicted octanol–water partition coefficient (Wildman–Crippen LogP) is 5.04. The molecule has 0 aromatic heterocycles. The molecular formula is C20H23NO3. The van der Waals surface area contributed by atoms with E-state index >= 15 is 0 Å². The van der Waals surface area contributed by atoms with E-state index in [1.165, 1.54) is 44.1 Å². The van der Waals surface area contributed by atoms with Crippen molar-refractivity contribution in [1.29, 1.82) is 0 Å². The molecule has 2 N–H and O–H groups in total. The Morgan fingerprint density at radius 1 is 0.875 bits per heavy atom. The minimum Gasteiger partial charge on any atom is -0.457 e. The maximum atomic E-state index is 11.3. The van der Waals surface area contributed by atoms with Crippen LogP contribution in [0.15, 0.2) is 48.5 Å². The van der Waals surface area contributed by atoms with Gasteiger partial charge < -0.3 is 4.74 Å². The SMILES string of the molecule is O=C(NO)c1ccc(Oc2ccc(C3CCCCCC3)cc2)cc1. The summed E-state index contributed by atoms with van der Waals surface area (Å²) in [5.41, 5.74) is 3.40. The van der Waals surface area contributed by atoms with Crippen LogP contribution in [0.3, 0.4) is 0 Å². The predicted molar refractivity (Wildman–Crippen MR) is 92.7 cm³/mol. The highest BCUT2D eigenvalue weighted by molar-refractivity contribution is 5.93. The van der Waals surface area contributed by atoms with Gasteiger partial charge in [-0.1, -0.05) is 37.8 Å². The quantitative estimate of drug-likeness (QED) is 0.470. The highest BCUT2D eigenvalue weighted by Crippen LogP contribution is 2.33. The standard InChI is InChI=1S/C20H23NO3/c22-20(21-23)17-9-13-19(14-10-17)24-18-11-7-16(8-12-18)15-5-3-1-2-4-6-15/h7-15,23H,1-6H2,(H,21,22). The summed E-state index contributed by atoms with van der Waals surface area (Å²) in [6.07, 6.45) is 7.96. The molecular weight excluding hydrogens is 302 g/mol. The van der Waals surface area contributed by atoms with E-state index in [0.29, 0.717) is 17.2 Å². The van der Waals surface area contributed by atoms with Crippen LogP contribution in [0.25, 0.3) is 0 Å². The highest BCUT2D eigenvalue weighted by atomic mass is 16.5. The van der Waals surface area contributed by atoms with E-state index in [1.807, 2.05) is 12.1 Å². The van der Waals surface area contributed by atoms with Crippen LogP contribution in [-0.2, 0) is 0 Å². The molecule has 1 aliphatic rings. The van der Waals surface area contributed by atoms with E-state index in [4.69, 9.17) is 9.94 Å². The van der Waals surface area contributed by atoms with E-state index < -0.39 is 5.91 Å². The second-order valence-electron chi connectivity index (χ2n) is 6.32. The highest BCUT2D eigenvalue weighted by Gasteiger charge is 2.14. The number of ether oxygens (including phenoxy) is 1. The number of amides is 1. The van der Waals surface area contributed by atoms with Crippen molar-refractivity contribution in [2.75, 3.05) is 0 Å². The maximum Gasteiger partial charge on any atom is 0.274 e. The molecule has 1 saturated carbocycles. The summed E-state index contributed by atoms with van der Waals surface area (Å²) in [6, 6.07) is 15.0. The van der Waals surface area contributed by atoms with Gasteiger partial charge in [0.25, 0.3) is 5.91 Å². The third kappa shape index (κ3) is 4.15. The lowest BCUT2D eigenvalue weighted by molar-refractivity contribution is 0.0706. The normalized spacial score (nSPS) is 15.5.